The Labute approximate surface area is 215 Å². The lowest BCUT2D eigenvalue weighted by atomic mass is 9.71. The molecule has 0 aromatic heterocycles. The standard InChI is InChI=1S/C26H33ClN2O5S/c1-3-14-28(18-10-8-17(27)9-11-18)24(32)22-26-13-12-19(35-26)20(25(33)34-4-2)21(26)23(31)29(22)15-6-5-7-16-30/h3,8-11,19-22,30H,1,4-7,12-16H2,2H3/t19-,20+,21-,22?,26?/m0/s1. The van der Waals surface area contributed by atoms with E-state index in [1.54, 1.807) is 58.8 Å². The first-order chi connectivity index (χ1) is 16.9. The van der Waals surface area contributed by atoms with Crippen LogP contribution in [0.25, 0.3) is 0 Å². The van der Waals surface area contributed by atoms with Crippen LogP contribution in [0.3, 0.4) is 0 Å². The second-order valence-electron chi connectivity index (χ2n) is 9.34. The lowest BCUT2D eigenvalue weighted by molar-refractivity contribution is -0.153. The molecule has 1 aromatic rings. The van der Waals surface area contributed by atoms with Gasteiger partial charge in [-0.1, -0.05) is 17.7 Å². The fourth-order valence-electron chi connectivity index (χ4n) is 5.97. The summed E-state index contributed by atoms with van der Waals surface area (Å²) in [5.41, 5.74) is 0.686. The van der Waals surface area contributed by atoms with Crippen molar-refractivity contribution in [3.05, 3.63) is 41.9 Å². The third kappa shape index (κ3) is 4.60. The van der Waals surface area contributed by atoms with E-state index < -0.39 is 22.6 Å². The Bertz CT molecular complexity index is 973. The first-order valence-corrected chi connectivity index (χ1v) is 13.6. The van der Waals surface area contributed by atoms with Gasteiger partial charge in [0.15, 0.2) is 0 Å². The van der Waals surface area contributed by atoms with Gasteiger partial charge in [0.2, 0.25) is 5.91 Å². The minimum Gasteiger partial charge on any atom is -0.466 e. The minimum absolute atomic E-state index is 0.0155. The summed E-state index contributed by atoms with van der Waals surface area (Å²) in [5, 5.41) is 9.73. The van der Waals surface area contributed by atoms with Gasteiger partial charge in [0, 0.05) is 35.7 Å². The highest BCUT2D eigenvalue weighted by atomic mass is 35.5. The fourth-order valence-corrected chi connectivity index (χ4v) is 8.30. The van der Waals surface area contributed by atoms with Crippen molar-refractivity contribution in [1.29, 1.82) is 0 Å². The van der Waals surface area contributed by atoms with E-state index >= 15 is 0 Å². The number of fused-ring (bicyclic) bond motifs is 1. The van der Waals surface area contributed by atoms with E-state index in [1.165, 1.54) is 0 Å². The number of hydrogen-bond donors (Lipinski definition) is 1. The zero-order valence-corrected chi connectivity index (χ0v) is 21.6. The van der Waals surface area contributed by atoms with Crippen molar-refractivity contribution < 1.29 is 24.2 Å². The molecular weight excluding hydrogens is 488 g/mol. The van der Waals surface area contributed by atoms with Gasteiger partial charge in [-0.15, -0.1) is 18.3 Å². The summed E-state index contributed by atoms with van der Waals surface area (Å²) in [4.78, 5) is 44.5. The highest BCUT2D eigenvalue weighted by Gasteiger charge is 2.74. The van der Waals surface area contributed by atoms with Gasteiger partial charge in [-0.2, -0.15) is 0 Å². The molecule has 4 rings (SSSR count). The van der Waals surface area contributed by atoms with Crippen LogP contribution in [0.4, 0.5) is 5.69 Å². The third-order valence-corrected chi connectivity index (χ3v) is 9.57. The number of aliphatic hydroxyl groups excluding tert-OH is 1. The largest absolute Gasteiger partial charge is 0.466 e. The Morgan fingerprint density at radius 2 is 2.06 bits per heavy atom. The zero-order chi connectivity index (χ0) is 25.2. The van der Waals surface area contributed by atoms with E-state index in [2.05, 4.69) is 6.58 Å². The number of benzene rings is 1. The Morgan fingerprint density at radius 3 is 2.71 bits per heavy atom. The van der Waals surface area contributed by atoms with Gasteiger partial charge in [0.05, 0.1) is 23.2 Å². The molecule has 2 bridgehead atoms. The molecule has 7 nitrogen and oxygen atoms in total. The average Bonchev–Trinajstić information content (AvgIpc) is 3.48. The summed E-state index contributed by atoms with van der Waals surface area (Å²) in [7, 11) is 0. The molecule has 1 N–H and O–H groups in total. The average molecular weight is 521 g/mol. The lowest BCUT2D eigenvalue weighted by Gasteiger charge is -2.37. The molecule has 2 unspecified atom stereocenters. The fraction of sp³-hybridized carbons (Fsp3) is 0.577. The maximum atomic E-state index is 14.3. The maximum absolute atomic E-state index is 14.3. The number of anilines is 1. The van der Waals surface area contributed by atoms with Gasteiger partial charge in [-0.3, -0.25) is 14.4 Å². The Morgan fingerprint density at radius 1 is 1.31 bits per heavy atom. The van der Waals surface area contributed by atoms with Crippen molar-refractivity contribution in [2.45, 2.75) is 55.1 Å². The molecule has 3 aliphatic heterocycles. The number of unbranched alkanes of at least 4 members (excludes halogenated alkanes) is 2. The van der Waals surface area contributed by atoms with Crippen LogP contribution in [0.1, 0.15) is 39.0 Å². The van der Waals surface area contributed by atoms with Gasteiger partial charge in [-0.25, -0.2) is 0 Å². The molecule has 3 aliphatic rings. The van der Waals surface area contributed by atoms with Crippen LogP contribution in [0, 0.1) is 11.8 Å². The van der Waals surface area contributed by atoms with Crippen LogP contribution in [-0.4, -0.2) is 70.1 Å². The quantitative estimate of drug-likeness (QED) is 0.272. The normalized spacial score (nSPS) is 28.8. The van der Waals surface area contributed by atoms with E-state index in [1.807, 2.05) is 0 Å². The highest BCUT2D eigenvalue weighted by molar-refractivity contribution is 8.02. The monoisotopic (exact) mass is 520 g/mol. The van der Waals surface area contributed by atoms with E-state index in [9.17, 15) is 19.5 Å². The zero-order valence-electron chi connectivity index (χ0n) is 20.0. The van der Waals surface area contributed by atoms with Gasteiger partial charge in [0.25, 0.3) is 5.91 Å². The lowest BCUT2D eigenvalue weighted by Crippen LogP contribution is -2.55. The molecule has 2 amide bonds. The maximum Gasteiger partial charge on any atom is 0.310 e. The number of carbonyl (C=O) groups is 3. The van der Waals surface area contributed by atoms with Crippen LogP contribution in [0.15, 0.2) is 36.9 Å². The molecule has 0 aliphatic carbocycles. The summed E-state index contributed by atoms with van der Waals surface area (Å²) in [5.74, 6) is -1.72. The van der Waals surface area contributed by atoms with Crippen molar-refractivity contribution in [2.75, 3.05) is 31.2 Å². The molecule has 35 heavy (non-hydrogen) atoms. The van der Waals surface area contributed by atoms with Crippen LogP contribution in [-0.2, 0) is 19.1 Å². The van der Waals surface area contributed by atoms with E-state index in [0.29, 0.717) is 43.1 Å². The summed E-state index contributed by atoms with van der Waals surface area (Å²) >= 11 is 7.71. The van der Waals surface area contributed by atoms with E-state index in [0.717, 1.165) is 12.8 Å². The number of aliphatic hydroxyl groups is 1. The molecule has 0 saturated carbocycles. The second-order valence-corrected chi connectivity index (χ2v) is 11.4. The van der Waals surface area contributed by atoms with Gasteiger partial charge in [0.1, 0.15) is 6.04 Å². The Kier molecular flexibility index (Phi) is 8.13. The summed E-state index contributed by atoms with van der Waals surface area (Å²) in [6.45, 7) is 6.66. The highest BCUT2D eigenvalue weighted by Crippen LogP contribution is 2.66. The van der Waals surface area contributed by atoms with Crippen LogP contribution < -0.4 is 4.90 Å². The molecule has 9 heteroatoms. The Balaban J connectivity index is 1.72. The number of ether oxygens (including phenoxy) is 1. The molecule has 3 fully saturated rings. The van der Waals surface area contributed by atoms with Crippen LogP contribution in [0.2, 0.25) is 5.02 Å². The number of amides is 2. The van der Waals surface area contributed by atoms with Gasteiger partial charge >= 0.3 is 5.97 Å². The molecule has 1 aromatic carbocycles. The first-order valence-electron chi connectivity index (χ1n) is 12.3. The number of carbonyl (C=O) groups excluding carboxylic acids is 3. The number of likely N-dealkylation sites (tertiary alicyclic amines) is 1. The number of nitrogens with zero attached hydrogens (tertiary/aromatic N) is 2. The number of thioether (sulfide) groups is 1. The SMILES string of the molecule is C=CCN(C(=O)C1N(CCCCCO)C(=O)[C@@H]2[C@H](C(=O)OCC)[C@@H]3CCC12S3)c1ccc(Cl)cc1. The Hall–Kier alpha value is -2.03. The molecule has 1 spiro atoms. The second kappa shape index (κ2) is 10.9. The summed E-state index contributed by atoms with van der Waals surface area (Å²) in [6, 6.07) is 6.38. The van der Waals surface area contributed by atoms with Crippen molar-refractivity contribution >= 4 is 46.8 Å². The van der Waals surface area contributed by atoms with Gasteiger partial charge < -0.3 is 19.6 Å². The smallest absolute Gasteiger partial charge is 0.310 e. The molecule has 3 heterocycles. The minimum atomic E-state index is -0.681. The molecule has 3 saturated heterocycles. The van der Waals surface area contributed by atoms with Gasteiger partial charge in [-0.05, 0) is 63.3 Å². The predicted octanol–water partition coefficient (Wildman–Crippen LogP) is 3.68. The van der Waals surface area contributed by atoms with Crippen LogP contribution in [0.5, 0.6) is 0 Å². The van der Waals surface area contributed by atoms with Crippen molar-refractivity contribution in [3.63, 3.8) is 0 Å². The van der Waals surface area contributed by atoms with E-state index in [-0.39, 0.29) is 36.2 Å². The third-order valence-electron chi connectivity index (χ3n) is 7.37. The van der Waals surface area contributed by atoms with Crippen molar-refractivity contribution in [1.82, 2.24) is 4.90 Å². The summed E-state index contributed by atoms with van der Waals surface area (Å²) in [6.07, 6.45) is 5.24. The number of esters is 1. The molecule has 190 valence electrons. The predicted molar refractivity (Wildman–Crippen MR) is 137 cm³/mol. The number of rotatable bonds is 11. The van der Waals surface area contributed by atoms with Crippen molar-refractivity contribution in [3.8, 4) is 0 Å². The van der Waals surface area contributed by atoms with Crippen molar-refractivity contribution in [2.24, 2.45) is 11.8 Å². The topological polar surface area (TPSA) is 87.2 Å². The first kappa shape index (κ1) is 26.0. The molecule has 5 atom stereocenters. The van der Waals surface area contributed by atoms with E-state index in [4.69, 9.17) is 16.3 Å². The molecule has 0 radical (unpaired) electrons. The number of hydrogen-bond acceptors (Lipinski definition) is 6. The molecular formula is C26H33ClN2O5S. The summed E-state index contributed by atoms with van der Waals surface area (Å²) < 4.78 is 4.72. The number of halogens is 1. The van der Waals surface area contributed by atoms with Crippen LogP contribution >= 0.6 is 23.4 Å².